The monoisotopic (exact) mass is 345 g/mol. The first-order valence-corrected chi connectivity index (χ1v) is 8.39. The van der Waals surface area contributed by atoms with Gasteiger partial charge >= 0.3 is 6.03 Å². The molecule has 0 aliphatic carbocycles. The van der Waals surface area contributed by atoms with Crippen LogP contribution >= 0.6 is 22.9 Å². The number of rotatable bonds is 4. The van der Waals surface area contributed by atoms with Gasteiger partial charge in [0.25, 0.3) is 0 Å². The molecule has 1 N–H and O–H groups in total. The molecular weight excluding hydrogens is 330 g/mol. The molecule has 0 aliphatic rings. The Balaban J connectivity index is 1.56. The molecule has 0 saturated carbocycles. The van der Waals surface area contributed by atoms with Gasteiger partial charge in [-0.2, -0.15) is 0 Å². The maximum Gasteiger partial charge on any atom is 0.317 e. The number of halogens is 1. The van der Waals surface area contributed by atoms with Crippen LogP contribution in [0.5, 0.6) is 0 Å². The van der Waals surface area contributed by atoms with Crippen LogP contribution in [0.2, 0.25) is 5.02 Å². The van der Waals surface area contributed by atoms with Crippen molar-refractivity contribution >= 4 is 39.2 Å². The summed E-state index contributed by atoms with van der Waals surface area (Å²) in [6, 6.07) is 15.3. The van der Waals surface area contributed by atoms with Gasteiger partial charge in [0.1, 0.15) is 5.01 Å². The first kappa shape index (κ1) is 15.8. The average Bonchev–Trinajstić information content (AvgIpc) is 2.97. The highest BCUT2D eigenvalue weighted by atomic mass is 35.5. The lowest BCUT2D eigenvalue weighted by atomic mass is 10.2. The lowest BCUT2D eigenvalue weighted by molar-refractivity contribution is 0.206. The second kappa shape index (κ2) is 6.98. The minimum absolute atomic E-state index is 0.126. The van der Waals surface area contributed by atoms with E-state index in [1.165, 1.54) is 0 Å². The van der Waals surface area contributed by atoms with Crippen molar-refractivity contribution in [3.8, 4) is 0 Å². The molecule has 2 aromatic carbocycles. The number of urea groups is 1. The van der Waals surface area contributed by atoms with Crippen LogP contribution in [-0.2, 0) is 13.1 Å². The Morgan fingerprint density at radius 2 is 1.96 bits per heavy atom. The zero-order valence-corrected chi connectivity index (χ0v) is 14.2. The van der Waals surface area contributed by atoms with Crippen LogP contribution in [0.3, 0.4) is 0 Å². The number of para-hydroxylation sites is 1. The molecule has 1 aromatic heterocycles. The molecule has 23 heavy (non-hydrogen) atoms. The van der Waals surface area contributed by atoms with Crippen molar-refractivity contribution in [2.24, 2.45) is 0 Å². The third kappa shape index (κ3) is 4.00. The Hall–Kier alpha value is -2.11. The number of amides is 2. The van der Waals surface area contributed by atoms with Crippen molar-refractivity contribution < 1.29 is 4.79 Å². The molecule has 118 valence electrons. The van der Waals surface area contributed by atoms with E-state index in [4.69, 9.17) is 11.6 Å². The molecule has 0 aliphatic heterocycles. The van der Waals surface area contributed by atoms with E-state index < -0.39 is 0 Å². The predicted octanol–water partition coefficient (Wildman–Crippen LogP) is 4.29. The highest BCUT2D eigenvalue weighted by Gasteiger charge is 2.10. The van der Waals surface area contributed by atoms with Crippen molar-refractivity contribution in [3.63, 3.8) is 0 Å². The quantitative estimate of drug-likeness (QED) is 0.766. The number of hydrogen-bond donors (Lipinski definition) is 1. The van der Waals surface area contributed by atoms with Crippen LogP contribution < -0.4 is 5.32 Å². The number of nitrogens with one attached hydrogen (secondary N) is 1. The van der Waals surface area contributed by atoms with Crippen molar-refractivity contribution in [2.45, 2.75) is 13.1 Å². The fraction of sp³-hybridized carbons (Fsp3) is 0.176. The topological polar surface area (TPSA) is 45.2 Å². The van der Waals surface area contributed by atoms with Crippen molar-refractivity contribution in [1.29, 1.82) is 0 Å². The summed E-state index contributed by atoms with van der Waals surface area (Å²) >= 11 is 7.46. The second-order valence-corrected chi connectivity index (χ2v) is 6.77. The van der Waals surface area contributed by atoms with Gasteiger partial charge in [-0.05, 0) is 29.8 Å². The number of carbonyl (C=O) groups excluding carboxylic acids is 1. The van der Waals surface area contributed by atoms with Crippen molar-refractivity contribution in [1.82, 2.24) is 15.2 Å². The largest absolute Gasteiger partial charge is 0.331 e. The van der Waals surface area contributed by atoms with Gasteiger partial charge < -0.3 is 10.2 Å². The lowest BCUT2D eigenvalue weighted by Crippen LogP contribution is -2.36. The number of benzene rings is 2. The van der Waals surface area contributed by atoms with Gasteiger partial charge in [-0.25, -0.2) is 9.78 Å². The smallest absolute Gasteiger partial charge is 0.317 e. The van der Waals surface area contributed by atoms with Crippen LogP contribution in [0, 0.1) is 0 Å². The maximum atomic E-state index is 12.2. The summed E-state index contributed by atoms with van der Waals surface area (Å²) in [5.41, 5.74) is 2.00. The second-order valence-electron chi connectivity index (χ2n) is 5.22. The molecule has 6 heteroatoms. The Labute approximate surface area is 143 Å². The Morgan fingerprint density at radius 3 is 2.70 bits per heavy atom. The number of aromatic nitrogens is 1. The maximum absolute atomic E-state index is 12.2. The highest BCUT2D eigenvalue weighted by molar-refractivity contribution is 7.18. The summed E-state index contributed by atoms with van der Waals surface area (Å²) in [6.07, 6.45) is 0. The van der Waals surface area contributed by atoms with E-state index in [1.54, 1.807) is 23.3 Å². The minimum atomic E-state index is -0.126. The molecule has 0 spiro atoms. The summed E-state index contributed by atoms with van der Waals surface area (Å²) in [7, 11) is 1.77. The van der Waals surface area contributed by atoms with Gasteiger partial charge in [0.2, 0.25) is 0 Å². The van der Waals surface area contributed by atoms with Crippen molar-refractivity contribution in [2.75, 3.05) is 7.05 Å². The molecule has 0 atom stereocenters. The molecule has 0 radical (unpaired) electrons. The van der Waals surface area contributed by atoms with Gasteiger partial charge in [-0.1, -0.05) is 35.9 Å². The molecule has 0 fully saturated rings. The number of nitrogens with zero attached hydrogens (tertiary/aromatic N) is 2. The Kier molecular flexibility index (Phi) is 4.79. The van der Waals surface area contributed by atoms with Crippen LogP contribution in [0.4, 0.5) is 4.79 Å². The Morgan fingerprint density at radius 1 is 1.22 bits per heavy atom. The van der Waals surface area contributed by atoms with Crippen molar-refractivity contribution in [3.05, 3.63) is 64.1 Å². The van der Waals surface area contributed by atoms with E-state index in [0.29, 0.717) is 18.1 Å². The first-order valence-electron chi connectivity index (χ1n) is 7.19. The normalized spacial score (nSPS) is 10.7. The molecule has 3 rings (SSSR count). The summed E-state index contributed by atoms with van der Waals surface area (Å²) in [6.45, 7) is 0.964. The van der Waals surface area contributed by atoms with Crippen LogP contribution in [0.15, 0.2) is 48.5 Å². The van der Waals surface area contributed by atoms with Crippen LogP contribution in [0.25, 0.3) is 10.2 Å². The number of carbonyl (C=O) groups is 1. The zero-order chi connectivity index (χ0) is 16.2. The molecule has 4 nitrogen and oxygen atoms in total. The SMILES string of the molecule is CN(Cc1ccc(Cl)cc1)C(=O)NCc1nc2ccccc2s1. The number of thiazole rings is 1. The van der Waals surface area contributed by atoms with Gasteiger partial charge in [0.05, 0.1) is 16.8 Å². The fourth-order valence-corrected chi connectivity index (χ4v) is 3.25. The lowest BCUT2D eigenvalue weighted by Gasteiger charge is -2.17. The molecule has 0 unspecified atom stereocenters. The highest BCUT2D eigenvalue weighted by Crippen LogP contribution is 2.21. The molecule has 2 amide bonds. The van der Waals surface area contributed by atoms with Gasteiger partial charge in [-0.15, -0.1) is 11.3 Å². The summed E-state index contributed by atoms with van der Waals surface area (Å²) in [5.74, 6) is 0. The molecule has 0 saturated heterocycles. The van der Waals surface area contributed by atoms with Crippen LogP contribution in [0.1, 0.15) is 10.6 Å². The average molecular weight is 346 g/mol. The third-order valence-electron chi connectivity index (χ3n) is 3.41. The summed E-state index contributed by atoms with van der Waals surface area (Å²) in [5, 5.41) is 4.49. The Bertz CT molecular complexity index is 783. The summed E-state index contributed by atoms with van der Waals surface area (Å²) < 4.78 is 1.13. The van der Waals surface area contributed by atoms with Crippen LogP contribution in [-0.4, -0.2) is 23.0 Å². The van der Waals surface area contributed by atoms with E-state index >= 15 is 0 Å². The molecule has 1 heterocycles. The number of fused-ring (bicyclic) bond motifs is 1. The number of hydrogen-bond acceptors (Lipinski definition) is 3. The standard InChI is InChI=1S/C17H16ClN3OS/c1-21(11-12-6-8-13(18)9-7-12)17(22)19-10-16-20-14-4-2-3-5-15(14)23-16/h2-9H,10-11H2,1H3,(H,19,22). The third-order valence-corrected chi connectivity index (χ3v) is 4.70. The zero-order valence-electron chi connectivity index (χ0n) is 12.6. The van der Waals surface area contributed by atoms with E-state index in [0.717, 1.165) is 20.8 Å². The van der Waals surface area contributed by atoms with Gasteiger partial charge in [0.15, 0.2) is 0 Å². The summed E-state index contributed by atoms with van der Waals surface area (Å²) in [4.78, 5) is 18.3. The molecule has 3 aromatic rings. The van der Waals surface area contributed by atoms with E-state index in [2.05, 4.69) is 10.3 Å². The predicted molar refractivity (Wildman–Crippen MR) is 94.8 cm³/mol. The first-order chi connectivity index (χ1) is 11.1. The van der Waals surface area contributed by atoms with Gasteiger partial charge in [-0.3, -0.25) is 0 Å². The fourth-order valence-electron chi connectivity index (χ4n) is 2.22. The van der Waals surface area contributed by atoms with Gasteiger partial charge in [0, 0.05) is 18.6 Å². The molecule has 0 bridgehead atoms. The van der Waals surface area contributed by atoms with E-state index in [-0.39, 0.29) is 6.03 Å². The minimum Gasteiger partial charge on any atom is -0.331 e. The molecular formula is C17H16ClN3OS. The van der Waals surface area contributed by atoms with E-state index in [9.17, 15) is 4.79 Å². The van der Waals surface area contributed by atoms with E-state index in [1.807, 2.05) is 48.5 Å².